The first-order valence-electron chi connectivity index (χ1n) is 6.76. The van der Waals surface area contributed by atoms with Gasteiger partial charge in [0.25, 0.3) is 0 Å². The third kappa shape index (κ3) is 3.53. The fourth-order valence-electron chi connectivity index (χ4n) is 2.23. The van der Waals surface area contributed by atoms with Crippen molar-refractivity contribution >= 4 is 5.78 Å². The number of hydrogen-bond acceptors (Lipinski definition) is 3. The Balaban J connectivity index is 2.04. The van der Waals surface area contributed by atoms with Crippen LogP contribution < -0.4 is 4.74 Å². The second-order valence-electron chi connectivity index (χ2n) is 4.97. The number of nitrogens with zero attached hydrogens (tertiary/aromatic N) is 1. The zero-order valence-corrected chi connectivity index (χ0v) is 11.5. The molecule has 0 unspecified atom stereocenters. The van der Waals surface area contributed by atoms with Crippen molar-refractivity contribution < 1.29 is 13.9 Å². The second kappa shape index (κ2) is 6.15. The van der Waals surface area contributed by atoms with Gasteiger partial charge in [-0.1, -0.05) is 6.92 Å². The van der Waals surface area contributed by atoms with E-state index in [-0.39, 0.29) is 11.5 Å². The monoisotopic (exact) mass is 265 g/mol. The lowest BCUT2D eigenvalue weighted by molar-refractivity contribution is 0.0924. The second-order valence-corrected chi connectivity index (χ2v) is 4.97. The summed E-state index contributed by atoms with van der Waals surface area (Å²) >= 11 is 0. The Labute approximate surface area is 113 Å². The van der Waals surface area contributed by atoms with Gasteiger partial charge in [0.15, 0.2) is 17.3 Å². The molecule has 104 valence electrons. The van der Waals surface area contributed by atoms with Gasteiger partial charge in [-0.05, 0) is 44.0 Å². The summed E-state index contributed by atoms with van der Waals surface area (Å²) < 4.78 is 18.4. The molecule has 0 aliphatic heterocycles. The highest BCUT2D eigenvalue weighted by molar-refractivity contribution is 5.97. The van der Waals surface area contributed by atoms with E-state index in [0.717, 1.165) is 13.0 Å². The van der Waals surface area contributed by atoms with Crippen LogP contribution in [0, 0.1) is 5.82 Å². The number of methoxy groups -OCH3 is 1. The maximum Gasteiger partial charge on any atom is 0.176 e. The Morgan fingerprint density at radius 3 is 2.74 bits per heavy atom. The van der Waals surface area contributed by atoms with Gasteiger partial charge in [-0.2, -0.15) is 0 Å². The predicted molar refractivity (Wildman–Crippen MR) is 72.2 cm³/mol. The van der Waals surface area contributed by atoms with Gasteiger partial charge in [0.1, 0.15) is 0 Å². The number of ketones is 1. The average molecular weight is 265 g/mol. The smallest absolute Gasteiger partial charge is 0.176 e. The molecule has 19 heavy (non-hydrogen) atoms. The molecule has 1 aromatic rings. The third-order valence-corrected chi connectivity index (χ3v) is 3.39. The topological polar surface area (TPSA) is 29.5 Å². The van der Waals surface area contributed by atoms with Gasteiger partial charge in [0.2, 0.25) is 0 Å². The molecule has 0 saturated heterocycles. The summed E-state index contributed by atoms with van der Waals surface area (Å²) in [7, 11) is 1.41. The van der Waals surface area contributed by atoms with Gasteiger partial charge >= 0.3 is 0 Å². The van der Waals surface area contributed by atoms with Crippen LogP contribution in [0.4, 0.5) is 4.39 Å². The molecule has 1 aromatic carbocycles. The quantitative estimate of drug-likeness (QED) is 0.710. The fourth-order valence-corrected chi connectivity index (χ4v) is 2.23. The SMILES string of the molecule is CCCN(CC(=O)c1ccc(OC)c(F)c1)C1CC1. The molecule has 2 rings (SSSR count). The van der Waals surface area contributed by atoms with Gasteiger partial charge in [-0.3, -0.25) is 9.69 Å². The number of hydrogen-bond donors (Lipinski definition) is 0. The standard InChI is InChI=1S/C15H20FNO2/c1-3-8-17(12-5-6-12)10-14(18)11-4-7-15(19-2)13(16)9-11/h4,7,9,12H,3,5-6,8,10H2,1-2H3. The molecule has 0 heterocycles. The third-order valence-electron chi connectivity index (χ3n) is 3.39. The minimum atomic E-state index is -0.484. The van der Waals surface area contributed by atoms with E-state index < -0.39 is 5.82 Å². The molecule has 4 heteroatoms. The molecule has 0 aromatic heterocycles. The fraction of sp³-hybridized carbons (Fsp3) is 0.533. The van der Waals surface area contributed by atoms with Gasteiger partial charge < -0.3 is 4.74 Å². The van der Waals surface area contributed by atoms with E-state index in [9.17, 15) is 9.18 Å². The summed E-state index contributed by atoms with van der Waals surface area (Å²) in [6.07, 6.45) is 3.37. The Morgan fingerprint density at radius 2 is 2.21 bits per heavy atom. The Hall–Kier alpha value is -1.42. The highest BCUT2D eigenvalue weighted by atomic mass is 19.1. The van der Waals surface area contributed by atoms with Gasteiger partial charge in [-0.15, -0.1) is 0 Å². The summed E-state index contributed by atoms with van der Waals surface area (Å²) in [6, 6.07) is 4.94. The molecule has 1 saturated carbocycles. The Bertz CT molecular complexity index is 457. The van der Waals surface area contributed by atoms with E-state index >= 15 is 0 Å². The Kier molecular flexibility index (Phi) is 4.53. The molecule has 1 aliphatic carbocycles. The summed E-state index contributed by atoms with van der Waals surface area (Å²) in [6.45, 7) is 3.41. The zero-order valence-electron chi connectivity index (χ0n) is 11.5. The van der Waals surface area contributed by atoms with E-state index in [2.05, 4.69) is 11.8 Å². The van der Waals surface area contributed by atoms with Crippen molar-refractivity contribution in [3.63, 3.8) is 0 Å². The molecule has 1 aliphatic rings. The lowest BCUT2D eigenvalue weighted by Gasteiger charge is -2.20. The van der Waals surface area contributed by atoms with Gasteiger partial charge in [0, 0.05) is 11.6 Å². The lowest BCUT2D eigenvalue weighted by atomic mass is 10.1. The molecule has 1 fully saturated rings. The molecule has 0 spiro atoms. The first-order valence-corrected chi connectivity index (χ1v) is 6.76. The first kappa shape index (κ1) is 14.0. The largest absolute Gasteiger partial charge is 0.494 e. The van der Waals surface area contributed by atoms with E-state index in [1.165, 1.54) is 32.1 Å². The van der Waals surface area contributed by atoms with Crippen LogP contribution in [-0.4, -0.2) is 36.9 Å². The van der Waals surface area contributed by atoms with Crippen LogP contribution in [0.3, 0.4) is 0 Å². The number of halogens is 1. The van der Waals surface area contributed by atoms with Gasteiger partial charge in [-0.25, -0.2) is 4.39 Å². The summed E-state index contributed by atoms with van der Waals surface area (Å²) in [4.78, 5) is 14.4. The minimum absolute atomic E-state index is 0.0260. The van der Waals surface area contributed by atoms with Crippen LogP contribution in [0.25, 0.3) is 0 Å². The average Bonchev–Trinajstić information content (AvgIpc) is 3.22. The highest BCUT2D eigenvalue weighted by Crippen LogP contribution is 2.27. The van der Waals surface area contributed by atoms with Crippen LogP contribution in [0.2, 0.25) is 0 Å². The first-order chi connectivity index (χ1) is 9.15. The minimum Gasteiger partial charge on any atom is -0.494 e. The van der Waals surface area contributed by atoms with Crippen LogP contribution >= 0.6 is 0 Å². The van der Waals surface area contributed by atoms with E-state index in [4.69, 9.17) is 4.74 Å². The van der Waals surface area contributed by atoms with E-state index in [1.807, 2.05) is 0 Å². The summed E-state index contributed by atoms with van der Waals surface area (Å²) in [5, 5.41) is 0. The van der Waals surface area contributed by atoms with Crippen molar-refractivity contribution in [2.45, 2.75) is 32.2 Å². The lowest BCUT2D eigenvalue weighted by Crippen LogP contribution is -2.32. The van der Waals surface area contributed by atoms with Crippen LogP contribution in [0.5, 0.6) is 5.75 Å². The molecule has 0 N–H and O–H groups in total. The maximum absolute atomic E-state index is 13.6. The number of ether oxygens (including phenoxy) is 1. The van der Waals surface area contributed by atoms with E-state index in [0.29, 0.717) is 18.2 Å². The van der Waals surface area contributed by atoms with Crippen LogP contribution in [-0.2, 0) is 0 Å². The molecule has 0 atom stereocenters. The number of Topliss-reactive ketones (excluding diaryl/α,β-unsaturated/α-hetero) is 1. The number of carbonyl (C=O) groups excluding carboxylic acids is 1. The predicted octanol–water partition coefficient (Wildman–Crippen LogP) is 2.89. The van der Waals surface area contributed by atoms with E-state index in [1.54, 1.807) is 6.07 Å². The van der Waals surface area contributed by atoms with Crippen molar-refractivity contribution in [2.75, 3.05) is 20.2 Å². The molecular weight excluding hydrogens is 245 g/mol. The summed E-state index contributed by atoms with van der Waals surface area (Å²) in [5.41, 5.74) is 0.417. The van der Waals surface area contributed by atoms with Crippen LogP contribution in [0.15, 0.2) is 18.2 Å². The normalized spacial score (nSPS) is 14.7. The van der Waals surface area contributed by atoms with Crippen LogP contribution in [0.1, 0.15) is 36.5 Å². The van der Waals surface area contributed by atoms with Crippen molar-refractivity contribution in [2.24, 2.45) is 0 Å². The molecular formula is C15H20FNO2. The summed E-state index contributed by atoms with van der Waals surface area (Å²) in [5.74, 6) is -0.340. The molecule has 0 amide bonds. The Morgan fingerprint density at radius 1 is 1.47 bits per heavy atom. The molecule has 0 bridgehead atoms. The number of carbonyl (C=O) groups is 1. The van der Waals surface area contributed by atoms with Crippen molar-refractivity contribution in [1.29, 1.82) is 0 Å². The number of benzene rings is 1. The van der Waals surface area contributed by atoms with Crippen molar-refractivity contribution in [3.05, 3.63) is 29.6 Å². The molecule has 3 nitrogen and oxygen atoms in total. The maximum atomic E-state index is 13.6. The van der Waals surface area contributed by atoms with Crippen molar-refractivity contribution in [1.82, 2.24) is 4.90 Å². The van der Waals surface area contributed by atoms with Crippen molar-refractivity contribution in [3.8, 4) is 5.75 Å². The highest BCUT2D eigenvalue weighted by Gasteiger charge is 2.29. The van der Waals surface area contributed by atoms with Gasteiger partial charge in [0.05, 0.1) is 13.7 Å². The molecule has 0 radical (unpaired) electrons. The zero-order chi connectivity index (χ0) is 13.8. The number of rotatable bonds is 7.